The molecule has 160 valence electrons. The van der Waals surface area contributed by atoms with E-state index in [1.807, 2.05) is 31.3 Å². The van der Waals surface area contributed by atoms with Crippen LogP contribution in [0.3, 0.4) is 0 Å². The van der Waals surface area contributed by atoms with Gasteiger partial charge < -0.3 is 10.6 Å². The third kappa shape index (κ3) is 3.30. The van der Waals surface area contributed by atoms with Crippen LogP contribution in [0.1, 0.15) is 5.56 Å². The Morgan fingerprint density at radius 2 is 1.81 bits per heavy atom. The molecule has 0 unspecified atom stereocenters. The third-order valence-corrected chi connectivity index (χ3v) is 5.49. The molecule has 5 rings (SSSR count). The van der Waals surface area contributed by atoms with Crippen LogP contribution in [0, 0.1) is 18.6 Å². The number of nitrogens with one attached hydrogen (secondary N) is 2. The highest BCUT2D eigenvalue weighted by Crippen LogP contribution is 2.36. The van der Waals surface area contributed by atoms with Gasteiger partial charge in [-0.15, -0.1) is 0 Å². The Morgan fingerprint density at radius 1 is 0.969 bits per heavy atom. The summed E-state index contributed by atoms with van der Waals surface area (Å²) in [4.78, 5) is 8.81. The Bertz CT molecular complexity index is 1490. The first kappa shape index (κ1) is 19.9. The van der Waals surface area contributed by atoms with Gasteiger partial charge in [0.05, 0.1) is 11.0 Å². The summed E-state index contributed by atoms with van der Waals surface area (Å²) in [5, 5.41) is 12.5. The van der Waals surface area contributed by atoms with E-state index in [-0.39, 0.29) is 0 Å². The summed E-state index contributed by atoms with van der Waals surface area (Å²) in [6, 6.07) is 13.8. The highest BCUT2D eigenvalue weighted by molar-refractivity contribution is 6.03. The molecule has 5 aromatic rings. The molecule has 0 fully saturated rings. The zero-order valence-corrected chi connectivity index (χ0v) is 17.7. The molecule has 0 saturated heterocycles. The molecular weight excluding hydrogens is 410 g/mol. The van der Waals surface area contributed by atoms with E-state index in [0.717, 1.165) is 50.6 Å². The molecule has 32 heavy (non-hydrogen) atoms. The molecule has 6 nitrogen and oxygen atoms in total. The summed E-state index contributed by atoms with van der Waals surface area (Å²) in [6.07, 6.45) is 1.80. The van der Waals surface area contributed by atoms with Crippen LogP contribution in [-0.2, 0) is 7.05 Å². The average Bonchev–Trinajstić information content (AvgIpc) is 3.10. The minimum Gasteiger partial charge on any atom is -0.357 e. The van der Waals surface area contributed by atoms with E-state index >= 15 is 0 Å². The molecule has 0 atom stereocenters. The second-order valence-corrected chi connectivity index (χ2v) is 7.60. The molecule has 3 aromatic carbocycles. The number of nitrogens with zero attached hydrogens (tertiary/aromatic N) is 4. The Labute approximate surface area is 182 Å². The average molecular weight is 430 g/mol. The lowest BCUT2D eigenvalue weighted by Crippen LogP contribution is -1.97. The summed E-state index contributed by atoms with van der Waals surface area (Å²) in [5.41, 5.74) is 5.35. The van der Waals surface area contributed by atoms with E-state index in [4.69, 9.17) is 0 Å². The minimum atomic E-state index is -0.911. The van der Waals surface area contributed by atoms with Gasteiger partial charge in [-0.1, -0.05) is 12.1 Å². The van der Waals surface area contributed by atoms with Crippen molar-refractivity contribution in [3.8, 4) is 11.1 Å². The molecule has 8 heteroatoms. The molecule has 0 aliphatic rings. The molecule has 0 amide bonds. The molecule has 0 aliphatic heterocycles. The quantitative estimate of drug-likeness (QED) is 0.391. The van der Waals surface area contributed by atoms with E-state index < -0.39 is 11.6 Å². The second kappa shape index (κ2) is 7.56. The van der Waals surface area contributed by atoms with Crippen LogP contribution in [-0.4, -0.2) is 26.8 Å². The fourth-order valence-electron chi connectivity index (χ4n) is 3.95. The summed E-state index contributed by atoms with van der Waals surface area (Å²) in [6.45, 7) is 2.05. The number of aryl methyl sites for hydroxylation is 2. The first-order valence-corrected chi connectivity index (χ1v) is 10.1. The largest absolute Gasteiger partial charge is 0.357 e. The fourth-order valence-corrected chi connectivity index (χ4v) is 3.95. The van der Waals surface area contributed by atoms with Gasteiger partial charge in [-0.05, 0) is 48.4 Å². The highest BCUT2D eigenvalue weighted by Gasteiger charge is 2.17. The molecule has 2 heterocycles. The van der Waals surface area contributed by atoms with E-state index in [1.165, 1.54) is 6.07 Å². The van der Waals surface area contributed by atoms with Crippen molar-refractivity contribution in [2.45, 2.75) is 6.92 Å². The van der Waals surface area contributed by atoms with Gasteiger partial charge in [0.25, 0.3) is 0 Å². The monoisotopic (exact) mass is 430 g/mol. The van der Waals surface area contributed by atoms with Crippen LogP contribution in [0.25, 0.3) is 32.9 Å². The molecular formula is C24H20F2N6. The summed E-state index contributed by atoms with van der Waals surface area (Å²) in [7, 11) is 3.65. The minimum absolute atomic E-state index is 0.425. The molecule has 0 radical (unpaired) electrons. The first-order valence-electron chi connectivity index (χ1n) is 10.1. The Morgan fingerprint density at radius 3 is 2.59 bits per heavy atom. The van der Waals surface area contributed by atoms with Crippen molar-refractivity contribution in [1.29, 1.82) is 0 Å². The number of hydrogen-bond acceptors (Lipinski definition) is 5. The van der Waals surface area contributed by atoms with E-state index in [1.54, 1.807) is 17.9 Å². The molecule has 2 aromatic heterocycles. The van der Waals surface area contributed by atoms with Gasteiger partial charge in [-0.25, -0.2) is 18.7 Å². The molecule has 2 N–H and O–H groups in total. The van der Waals surface area contributed by atoms with Crippen molar-refractivity contribution < 1.29 is 8.78 Å². The lowest BCUT2D eigenvalue weighted by Gasteiger charge is -2.11. The van der Waals surface area contributed by atoms with Crippen LogP contribution in [0.5, 0.6) is 0 Å². The lowest BCUT2D eigenvalue weighted by atomic mass is 9.96. The van der Waals surface area contributed by atoms with Crippen molar-refractivity contribution in [3.05, 3.63) is 71.9 Å². The van der Waals surface area contributed by atoms with Crippen LogP contribution in [0.2, 0.25) is 0 Å². The summed E-state index contributed by atoms with van der Waals surface area (Å²) >= 11 is 0. The maximum absolute atomic E-state index is 13.7. The van der Waals surface area contributed by atoms with Gasteiger partial charge in [0.2, 0.25) is 5.95 Å². The number of fused-ring (bicyclic) bond motifs is 2. The van der Waals surface area contributed by atoms with Gasteiger partial charge in [-0.3, -0.25) is 4.68 Å². The number of rotatable bonds is 4. The first-order chi connectivity index (χ1) is 15.4. The van der Waals surface area contributed by atoms with Gasteiger partial charge >= 0.3 is 0 Å². The standard InChI is InChI=1S/C24H20F2N6/c1-13-4-7-17-22(32(3)31-23(17)29-16-6-8-18(25)19(26)11-16)21(13)14-5-9-20-15(10-14)12-28-24(27-2)30-20/h4-12H,1-3H3,(H,29,31)(H,27,28,30). The normalized spacial score (nSPS) is 11.3. The maximum Gasteiger partial charge on any atom is 0.222 e. The molecule has 0 saturated carbocycles. The predicted octanol–water partition coefficient (Wildman–Crippen LogP) is 5.56. The number of hydrogen-bond donors (Lipinski definition) is 2. The van der Waals surface area contributed by atoms with Crippen molar-refractivity contribution in [3.63, 3.8) is 0 Å². The Kier molecular flexibility index (Phi) is 4.70. The number of anilines is 3. The van der Waals surface area contributed by atoms with Crippen LogP contribution >= 0.6 is 0 Å². The van der Waals surface area contributed by atoms with Crippen molar-refractivity contribution in [2.75, 3.05) is 17.7 Å². The smallest absolute Gasteiger partial charge is 0.222 e. The third-order valence-electron chi connectivity index (χ3n) is 5.49. The second-order valence-electron chi connectivity index (χ2n) is 7.60. The zero-order valence-electron chi connectivity index (χ0n) is 17.7. The van der Waals surface area contributed by atoms with E-state index in [9.17, 15) is 8.78 Å². The fraction of sp³-hybridized carbons (Fsp3) is 0.125. The van der Waals surface area contributed by atoms with Gasteiger partial charge in [0, 0.05) is 48.4 Å². The zero-order chi connectivity index (χ0) is 22.4. The summed E-state index contributed by atoms with van der Waals surface area (Å²) in [5.74, 6) is -0.659. The van der Waals surface area contributed by atoms with Gasteiger partial charge in [0.15, 0.2) is 17.5 Å². The van der Waals surface area contributed by atoms with Crippen LogP contribution < -0.4 is 10.6 Å². The van der Waals surface area contributed by atoms with E-state index in [2.05, 4.69) is 38.7 Å². The SMILES string of the molecule is CNc1ncc2cc(-c3c(C)ccc4c(Nc5ccc(F)c(F)c5)nn(C)c34)ccc2n1. The highest BCUT2D eigenvalue weighted by atomic mass is 19.2. The molecule has 0 spiro atoms. The topological polar surface area (TPSA) is 67.7 Å². The maximum atomic E-state index is 13.7. The molecule has 0 bridgehead atoms. The van der Waals surface area contributed by atoms with Crippen molar-refractivity contribution >= 4 is 39.3 Å². The van der Waals surface area contributed by atoms with Crippen LogP contribution in [0.15, 0.2) is 54.7 Å². The lowest BCUT2D eigenvalue weighted by molar-refractivity contribution is 0.509. The Hall–Kier alpha value is -4.07. The van der Waals surface area contributed by atoms with Crippen molar-refractivity contribution in [2.24, 2.45) is 7.05 Å². The number of halogens is 2. The van der Waals surface area contributed by atoms with E-state index in [0.29, 0.717) is 17.5 Å². The predicted molar refractivity (Wildman–Crippen MR) is 123 cm³/mol. The van der Waals surface area contributed by atoms with Gasteiger partial charge in [-0.2, -0.15) is 5.10 Å². The van der Waals surface area contributed by atoms with Gasteiger partial charge in [0.1, 0.15) is 0 Å². The Balaban J connectivity index is 1.64. The summed E-state index contributed by atoms with van der Waals surface area (Å²) < 4.78 is 28.8. The number of benzene rings is 3. The van der Waals surface area contributed by atoms with Crippen molar-refractivity contribution in [1.82, 2.24) is 19.7 Å². The molecule has 0 aliphatic carbocycles. The number of aromatic nitrogens is 4. The van der Waals surface area contributed by atoms with Crippen LogP contribution in [0.4, 0.5) is 26.2 Å².